The van der Waals surface area contributed by atoms with Gasteiger partial charge in [-0.05, 0) is 69.9 Å². The lowest BCUT2D eigenvalue weighted by atomic mass is 10.0. The van der Waals surface area contributed by atoms with Gasteiger partial charge >= 0.3 is 0 Å². The molecule has 0 radical (unpaired) electrons. The summed E-state index contributed by atoms with van der Waals surface area (Å²) in [5, 5.41) is 5.86. The maximum absolute atomic E-state index is 13.2. The first-order valence-electron chi connectivity index (χ1n) is 11.4. The number of rotatable bonds is 7. The molecule has 0 bridgehead atoms. The first-order chi connectivity index (χ1) is 15.6. The SMILES string of the molecule is CCc1cccc(CC)c1NC(=O)CN1C(=O)C(C)(C)Oc2ccc(C(=O)NC(C)C)cc21. The molecule has 0 unspecified atom stereocenters. The fourth-order valence-corrected chi connectivity index (χ4v) is 3.94. The first-order valence-corrected chi connectivity index (χ1v) is 11.4. The number of carbonyl (C=O) groups excluding carboxylic acids is 3. The molecule has 2 aromatic rings. The molecule has 2 aromatic carbocycles. The Labute approximate surface area is 195 Å². The molecule has 0 spiro atoms. The van der Waals surface area contributed by atoms with Gasteiger partial charge in [-0.15, -0.1) is 0 Å². The van der Waals surface area contributed by atoms with Crippen molar-refractivity contribution in [2.45, 2.75) is 66.0 Å². The highest BCUT2D eigenvalue weighted by Gasteiger charge is 2.42. The van der Waals surface area contributed by atoms with Crippen LogP contribution >= 0.6 is 0 Å². The summed E-state index contributed by atoms with van der Waals surface area (Å²) in [5.74, 6) is -0.443. The minimum atomic E-state index is -1.13. The number of benzene rings is 2. The number of amides is 3. The number of hydrogen-bond donors (Lipinski definition) is 2. The fourth-order valence-electron chi connectivity index (χ4n) is 3.94. The number of carbonyl (C=O) groups is 3. The maximum atomic E-state index is 13.2. The molecule has 0 saturated carbocycles. The Morgan fingerprint density at radius 1 is 1.06 bits per heavy atom. The average molecular weight is 452 g/mol. The number of ether oxygens (including phenoxy) is 1. The molecular formula is C26H33N3O4. The van der Waals surface area contributed by atoms with Crippen molar-refractivity contribution in [1.29, 1.82) is 0 Å². The number of para-hydroxylation sites is 1. The van der Waals surface area contributed by atoms with E-state index in [1.807, 2.05) is 45.9 Å². The van der Waals surface area contributed by atoms with Crippen LogP contribution in [0.15, 0.2) is 36.4 Å². The Kier molecular flexibility index (Phi) is 7.10. The van der Waals surface area contributed by atoms with Crippen molar-refractivity contribution in [3.05, 3.63) is 53.1 Å². The molecule has 0 atom stereocenters. The lowest BCUT2D eigenvalue weighted by molar-refractivity contribution is -0.133. The molecule has 0 aliphatic carbocycles. The third-order valence-electron chi connectivity index (χ3n) is 5.62. The Balaban J connectivity index is 1.93. The van der Waals surface area contributed by atoms with Gasteiger partial charge in [-0.1, -0.05) is 32.0 Å². The lowest BCUT2D eigenvalue weighted by Gasteiger charge is -2.38. The molecule has 0 aromatic heterocycles. The summed E-state index contributed by atoms with van der Waals surface area (Å²) >= 11 is 0. The number of nitrogens with zero attached hydrogens (tertiary/aromatic N) is 1. The number of aryl methyl sites for hydroxylation is 2. The van der Waals surface area contributed by atoms with Gasteiger partial charge in [0.15, 0.2) is 5.60 Å². The van der Waals surface area contributed by atoms with Gasteiger partial charge < -0.3 is 15.4 Å². The van der Waals surface area contributed by atoms with Crippen molar-refractivity contribution in [2.24, 2.45) is 0 Å². The van der Waals surface area contributed by atoms with E-state index >= 15 is 0 Å². The monoisotopic (exact) mass is 451 g/mol. The normalized spacial score (nSPS) is 14.5. The molecule has 1 aliphatic rings. The van der Waals surface area contributed by atoms with E-state index in [0.29, 0.717) is 17.0 Å². The third kappa shape index (κ3) is 5.18. The minimum Gasteiger partial charge on any atom is -0.476 e. The van der Waals surface area contributed by atoms with Crippen LogP contribution in [0.2, 0.25) is 0 Å². The summed E-state index contributed by atoms with van der Waals surface area (Å²) < 4.78 is 5.90. The molecule has 7 heteroatoms. The van der Waals surface area contributed by atoms with E-state index in [1.54, 1.807) is 32.0 Å². The molecule has 176 valence electrons. The van der Waals surface area contributed by atoms with Crippen molar-refractivity contribution in [1.82, 2.24) is 5.32 Å². The van der Waals surface area contributed by atoms with Crippen LogP contribution in [0.25, 0.3) is 0 Å². The van der Waals surface area contributed by atoms with Crippen LogP contribution in [0.4, 0.5) is 11.4 Å². The molecule has 3 rings (SSSR count). The van der Waals surface area contributed by atoms with Crippen LogP contribution in [-0.4, -0.2) is 35.9 Å². The molecule has 2 N–H and O–H groups in total. The van der Waals surface area contributed by atoms with E-state index in [4.69, 9.17) is 4.74 Å². The molecule has 3 amide bonds. The zero-order valence-electron chi connectivity index (χ0n) is 20.2. The predicted octanol–water partition coefficient (Wildman–Crippen LogP) is 4.09. The summed E-state index contributed by atoms with van der Waals surface area (Å²) in [7, 11) is 0. The van der Waals surface area contributed by atoms with Crippen molar-refractivity contribution >= 4 is 29.1 Å². The van der Waals surface area contributed by atoms with E-state index in [0.717, 1.165) is 29.7 Å². The Morgan fingerprint density at radius 2 is 1.70 bits per heavy atom. The topological polar surface area (TPSA) is 87.7 Å². The number of hydrogen-bond acceptors (Lipinski definition) is 4. The Hall–Kier alpha value is -3.35. The van der Waals surface area contributed by atoms with Gasteiger partial charge in [-0.3, -0.25) is 19.3 Å². The summed E-state index contributed by atoms with van der Waals surface area (Å²) in [6, 6.07) is 10.9. The molecule has 33 heavy (non-hydrogen) atoms. The van der Waals surface area contributed by atoms with Crippen molar-refractivity contribution in [3.8, 4) is 5.75 Å². The van der Waals surface area contributed by atoms with Gasteiger partial charge in [0.25, 0.3) is 11.8 Å². The maximum Gasteiger partial charge on any atom is 0.271 e. The van der Waals surface area contributed by atoms with Gasteiger partial charge in [0, 0.05) is 17.3 Å². The van der Waals surface area contributed by atoms with Crippen LogP contribution in [0.5, 0.6) is 5.75 Å². The quantitative estimate of drug-likeness (QED) is 0.664. The highest BCUT2D eigenvalue weighted by Crippen LogP contribution is 2.38. The Morgan fingerprint density at radius 3 is 2.27 bits per heavy atom. The molecular weight excluding hydrogens is 418 g/mol. The van der Waals surface area contributed by atoms with Crippen molar-refractivity contribution < 1.29 is 19.1 Å². The molecule has 1 aliphatic heterocycles. The second-order valence-corrected chi connectivity index (χ2v) is 9.02. The molecule has 7 nitrogen and oxygen atoms in total. The first kappa shape index (κ1) is 24.3. The van der Waals surface area contributed by atoms with Gasteiger partial charge in [0.2, 0.25) is 5.91 Å². The third-order valence-corrected chi connectivity index (χ3v) is 5.62. The predicted molar refractivity (Wildman–Crippen MR) is 130 cm³/mol. The summed E-state index contributed by atoms with van der Waals surface area (Å²) in [4.78, 5) is 40.3. The fraction of sp³-hybridized carbons (Fsp3) is 0.423. The Bertz CT molecular complexity index is 1050. The van der Waals surface area contributed by atoms with Crippen LogP contribution < -0.4 is 20.3 Å². The molecule has 0 saturated heterocycles. The van der Waals surface area contributed by atoms with E-state index < -0.39 is 5.60 Å². The standard InChI is InChI=1S/C26H33N3O4/c1-7-17-10-9-11-18(8-2)23(17)28-22(30)15-29-20-14-19(24(31)27-16(3)4)12-13-21(20)33-26(5,6)25(29)32/h9-14,16H,7-8,15H2,1-6H3,(H,27,31)(H,28,30). The number of fused-ring (bicyclic) bond motifs is 1. The van der Waals surface area contributed by atoms with E-state index in [2.05, 4.69) is 10.6 Å². The second kappa shape index (κ2) is 9.65. The number of anilines is 2. The summed E-state index contributed by atoms with van der Waals surface area (Å²) in [6.45, 7) is 11.0. The zero-order valence-corrected chi connectivity index (χ0v) is 20.2. The van der Waals surface area contributed by atoms with Crippen molar-refractivity contribution in [3.63, 3.8) is 0 Å². The molecule has 1 heterocycles. The van der Waals surface area contributed by atoms with E-state index in [9.17, 15) is 14.4 Å². The largest absolute Gasteiger partial charge is 0.476 e. The highest BCUT2D eigenvalue weighted by atomic mass is 16.5. The van der Waals surface area contributed by atoms with E-state index in [1.165, 1.54) is 4.90 Å². The van der Waals surface area contributed by atoms with Crippen LogP contribution in [0.1, 0.15) is 63.0 Å². The lowest BCUT2D eigenvalue weighted by Crippen LogP contribution is -2.54. The van der Waals surface area contributed by atoms with Gasteiger partial charge in [-0.25, -0.2) is 0 Å². The second-order valence-electron chi connectivity index (χ2n) is 9.02. The zero-order chi connectivity index (χ0) is 24.3. The van der Waals surface area contributed by atoms with Gasteiger partial charge in [0.1, 0.15) is 12.3 Å². The van der Waals surface area contributed by atoms with Crippen LogP contribution in [-0.2, 0) is 22.4 Å². The van der Waals surface area contributed by atoms with Gasteiger partial charge in [-0.2, -0.15) is 0 Å². The van der Waals surface area contributed by atoms with Crippen LogP contribution in [0.3, 0.4) is 0 Å². The smallest absolute Gasteiger partial charge is 0.271 e. The number of nitrogens with one attached hydrogen (secondary N) is 2. The van der Waals surface area contributed by atoms with Gasteiger partial charge in [0.05, 0.1) is 5.69 Å². The van der Waals surface area contributed by atoms with Crippen LogP contribution in [0, 0.1) is 0 Å². The summed E-state index contributed by atoms with van der Waals surface area (Å²) in [5.41, 5.74) is 2.57. The van der Waals surface area contributed by atoms with E-state index in [-0.39, 0.29) is 30.3 Å². The minimum absolute atomic E-state index is 0.0291. The average Bonchev–Trinajstić information content (AvgIpc) is 2.76. The highest BCUT2D eigenvalue weighted by molar-refractivity contribution is 6.09. The van der Waals surface area contributed by atoms with Crippen molar-refractivity contribution in [2.75, 3.05) is 16.8 Å². The summed E-state index contributed by atoms with van der Waals surface area (Å²) in [6.07, 6.45) is 1.56. The molecule has 0 fully saturated rings.